The summed E-state index contributed by atoms with van der Waals surface area (Å²) in [6.45, 7) is 0. The van der Waals surface area contributed by atoms with Gasteiger partial charge in [-0.25, -0.2) is 0 Å². The lowest BCUT2D eigenvalue weighted by molar-refractivity contribution is -0.129. The maximum absolute atomic E-state index is 12.6. The number of hydrogen-bond donors (Lipinski definition) is 3. The first kappa shape index (κ1) is 14.3. The molecule has 3 rings (SSSR count). The minimum Gasteiger partial charge on any atom is -0.351 e. The smallest absolute Gasteiger partial charge is 0.240 e. The second-order valence-corrected chi connectivity index (χ2v) is 7.40. The zero-order valence-electron chi connectivity index (χ0n) is 12.4. The molecule has 0 spiro atoms. The minimum atomic E-state index is -0.605. The van der Waals surface area contributed by atoms with Crippen LogP contribution in [0.3, 0.4) is 0 Å². The van der Waals surface area contributed by atoms with Gasteiger partial charge in [-0.2, -0.15) is 0 Å². The fraction of sp³-hybridized carbons (Fsp3) is 0.938. The standard InChI is InChI=1S/C16H29N3O/c17-13-9-11-5-4-6-12(10-13)14(11)19-15(20)16(18)7-2-1-3-8-16/h11-14H,1-10,17-18H2,(H,19,20). The average molecular weight is 279 g/mol. The monoisotopic (exact) mass is 279 g/mol. The van der Waals surface area contributed by atoms with Gasteiger partial charge in [0.1, 0.15) is 0 Å². The average Bonchev–Trinajstić information content (AvgIpc) is 2.40. The minimum absolute atomic E-state index is 0.106. The summed E-state index contributed by atoms with van der Waals surface area (Å²) < 4.78 is 0. The highest BCUT2D eigenvalue weighted by Crippen LogP contribution is 2.40. The van der Waals surface area contributed by atoms with Crippen LogP contribution >= 0.6 is 0 Å². The molecule has 3 saturated carbocycles. The topological polar surface area (TPSA) is 81.1 Å². The Morgan fingerprint density at radius 2 is 1.60 bits per heavy atom. The van der Waals surface area contributed by atoms with Crippen LogP contribution in [0.1, 0.15) is 64.2 Å². The molecule has 2 bridgehead atoms. The van der Waals surface area contributed by atoms with E-state index in [1.54, 1.807) is 0 Å². The van der Waals surface area contributed by atoms with Crippen LogP contribution in [0.15, 0.2) is 0 Å². The third kappa shape index (κ3) is 2.73. The normalized spacial score (nSPS) is 40.1. The lowest BCUT2D eigenvalue weighted by atomic mass is 9.66. The summed E-state index contributed by atoms with van der Waals surface area (Å²) in [5, 5.41) is 3.33. The van der Waals surface area contributed by atoms with Crippen molar-refractivity contribution in [2.24, 2.45) is 23.3 Å². The fourth-order valence-corrected chi connectivity index (χ4v) is 4.73. The Morgan fingerprint density at radius 3 is 2.20 bits per heavy atom. The Kier molecular flexibility index (Phi) is 4.04. The largest absolute Gasteiger partial charge is 0.351 e. The van der Waals surface area contributed by atoms with Gasteiger partial charge in [0.15, 0.2) is 0 Å². The van der Waals surface area contributed by atoms with Crippen LogP contribution in [-0.2, 0) is 4.79 Å². The van der Waals surface area contributed by atoms with Crippen LogP contribution in [0.25, 0.3) is 0 Å². The number of carbonyl (C=O) groups is 1. The maximum Gasteiger partial charge on any atom is 0.240 e. The molecule has 2 unspecified atom stereocenters. The highest BCUT2D eigenvalue weighted by molar-refractivity contribution is 5.86. The van der Waals surface area contributed by atoms with E-state index in [1.165, 1.54) is 25.7 Å². The first-order valence-electron chi connectivity index (χ1n) is 8.44. The number of fused-ring (bicyclic) bond motifs is 2. The van der Waals surface area contributed by atoms with Crippen molar-refractivity contribution in [3.05, 3.63) is 0 Å². The molecule has 3 fully saturated rings. The van der Waals surface area contributed by atoms with Gasteiger partial charge in [0, 0.05) is 12.1 Å². The summed E-state index contributed by atoms with van der Waals surface area (Å²) in [4.78, 5) is 12.6. The SMILES string of the molecule is NC1CC2CCCC(C1)C2NC(=O)C1(N)CCCCC1. The molecule has 0 aromatic heterocycles. The van der Waals surface area contributed by atoms with E-state index in [4.69, 9.17) is 11.5 Å². The van der Waals surface area contributed by atoms with Gasteiger partial charge in [-0.3, -0.25) is 4.79 Å². The van der Waals surface area contributed by atoms with Gasteiger partial charge in [0.05, 0.1) is 5.54 Å². The van der Waals surface area contributed by atoms with Crippen LogP contribution in [0, 0.1) is 11.8 Å². The van der Waals surface area contributed by atoms with Crippen LogP contribution in [0.5, 0.6) is 0 Å². The number of rotatable bonds is 2. The molecule has 114 valence electrons. The highest BCUT2D eigenvalue weighted by atomic mass is 16.2. The molecule has 0 aliphatic heterocycles. The van der Waals surface area contributed by atoms with E-state index < -0.39 is 5.54 Å². The van der Waals surface area contributed by atoms with Crippen LogP contribution in [0.4, 0.5) is 0 Å². The van der Waals surface area contributed by atoms with Crippen molar-refractivity contribution in [2.75, 3.05) is 0 Å². The summed E-state index contributed by atoms with van der Waals surface area (Å²) in [6.07, 6.45) is 11.0. The van der Waals surface area contributed by atoms with E-state index in [2.05, 4.69) is 5.32 Å². The van der Waals surface area contributed by atoms with E-state index in [-0.39, 0.29) is 5.91 Å². The van der Waals surface area contributed by atoms with E-state index in [0.717, 1.165) is 38.5 Å². The summed E-state index contributed by atoms with van der Waals surface area (Å²) in [5.74, 6) is 1.26. The van der Waals surface area contributed by atoms with Gasteiger partial charge in [-0.15, -0.1) is 0 Å². The molecule has 5 N–H and O–H groups in total. The maximum atomic E-state index is 12.6. The molecule has 20 heavy (non-hydrogen) atoms. The summed E-state index contributed by atoms with van der Waals surface area (Å²) in [7, 11) is 0. The molecular formula is C16H29N3O. The Labute approximate surface area is 122 Å². The van der Waals surface area contributed by atoms with Gasteiger partial charge < -0.3 is 16.8 Å². The predicted molar refractivity (Wildman–Crippen MR) is 80.0 cm³/mol. The van der Waals surface area contributed by atoms with E-state index >= 15 is 0 Å². The van der Waals surface area contributed by atoms with Gasteiger partial charge in [-0.1, -0.05) is 25.7 Å². The third-order valence-electron chi connectivity index (χ3n) is 5.87. The number of nitrogens with one attached hydrogen (secondary N) is 1. The molecule has 3 aliphatic carbocycles. The number of nitrogens with two attached hydrogens (primary N) is 2. The lowest BCUT2D eigenvalue weighted by Crippen LogP contribution is -2.61. The number of amides is 1. The summed E-state index contributed by atoms with van der Waals surface area (Å²) in [5.41, 5.74) is 11.9. The summed E-state index contributed by atoms with van der Waals surface area (Å²) in [6, 6.07) is 0.665. The van der Waals surface area contributed by atoms with Crippen molar-refractivity contribution >= 4 is 5.91 Å². The zero-order chi connectivity index (χ0) is 14.2. The number of carbonyl (C=O) groups excluding carboxylic acids is 1. The molecular weight excluding hydrogens is 250 g/mol. The molecule has 0 heterocycles. The molecule has 4 nitrogen and oxygen atoms in total. The van der Waals surface area contributed by atoms with Crippen molar-refractivity contribution < 1.29 is 4.79 Å². The Morgan fingerprint density at radius 1 is 1.00 bits per heavy atom. The lowest BCUT2D eigenvalue weighted by Gasteiger charge is -2.46. The molecule has 0 radical (unpaired) electrons. The van der Waals surface area contributed by atoms with Crippen molar-refractivity contribution in [1.82, 2.24) is 5.32 Å². The van der Waals surface area contributed by atoms with E-state index in [9.17, 15) is 4.79 Å². The third-order valence-corrected chi connectivity index (χ3v) is 5.87. The molecule has 0 aromatic carbocycles. The van der Waals surface area contributed by atoms with Crippen LogP contribution < -0.4 is 16.8 Å². The summed E-state index contributed by atoms with van der Waals surface area (Å²) >= 11 is 0. The van der Waals surface area contributed by atoms with E-state index in [1.807, 2.05) is 0 Å². The second kappa shape index (κ2) is 5.64. The van der Waals surface area contributed by atoms with Crippen molar-refractivity contribution in [3.63, 3.8) is 0 Å². The predicted octanol–water partition coefficient (Wildman–Crippen LogP) is 1.67. The van der Waals surface area contributed by atoms with Crippen molar-refractivity contribution in [2.45, 2.75) is 81.8 Å². The van der Waals surface area contributed by atoms with Gasteiger partial charge in [0.2, 0.25) is 5.91 Å². The molecule has 2 atom stereocenters. The molecule has 3 aliphatic rings. The fourth-order valence-electron chi connectivity index (χ4n) is 4.73. The molecule has 0 aromatic rings. The first-order chi connectivity index (χ1) is 9.58. The van der Waals surface area contributed by atoms with Gasteiger partial charge >= 0.3 is 0 Å². The quantitative estimate of drug-likeness (QED) is 0.719. The Bertz CT molecular complexity index is 351. The van der Waals surface area contributed by atoms with Crippen LogP contribution in [-0.4, -0.2) is 23.5 Å². The Hall–Kier alpha value is -0.610. The number of hydrogen-bond acceptors (Lipinski definition) is 3. The highest BCUT2D eigenvalue weighted by Gasteiger charge is 2.43. The molecule has 1 amide bonds. The second-order valence-electron chi connectivity index (χ2n) is 7.40. The van der Waals surface area contributed by atoms with E-state index in [0.29, 0.717) is 23.9 Å². The zero-order valence-corrected chi connectivity index (χ0v) is 12.4. The first-order valence-corrected chi connectivity index (χ1v) is 8.44. The van der Waals surface area contributed by atoms with Gasteiger partial charge in [-0.05, 0) is 50.4 Å². The molecule has 4 heteroatoms. The van der Waals surface area contributed by atoms with Gasteiger partial charge in [0.25, 0.3) is 0 Å². The molecule has 0 saturated heterocycles. The Balaban J connectivity index is 1.66. The van der Waals surface area contributed by atoms with Crippen LogP contribution in [0.2, 0.25) is 0 Å². The van der Waals surface area contributed by atoms with Crippen molar-refractivity contribution in [3.8, 4) is 0 Å². The van der Waals surface area contributed by atoms with Crippen molar-refractivity contribution in [1.29, 1.82) is 0 Å².